The molecule has 1 amide bonds. The third-order valence-electron chi connectivity index (χ3n) is 3.22. The van der Waals surface area contributed by atoms with E-state index in [1.165, 1.54) is 6.07 Å². The summed E-state index contributed by atoms with van der Waals surface area (Å²) < 4.78 is 31.4. The Balaban J connectivity index is 2.05. The minimum atomic E-state index is -1.04. The minimum Gasteiger partial charge on any atom is -0.494 e. The number of ether oxygens (including phenoxy) is 1. The summed E-state index contributed by atoms with van der Waals surface area (Å²) in [5.74, 6) is -1.72. The second kappa shape index (κ2) is 7.02. The number of benzene rings is 2. The third-order valence-corrected chi connectivity index (χ3v) is 3.22. The highest BCUT2D eigenvalue weighted by atomic mass is 19.2. The molecule has 2 aromatic rings. The highest BCUT2D eigenvalue weighted by Crippen LogP contribution is 2.18. The summed E-state index contributed by atoms with van der Waals surface area (Å²) in [5.41, 5.74) is 0.969. The van der Waals surface area contributed by atoms with Crippen LogP contribution in [0.1, 0.15) is 35.8 Å². The van der Waals surface area contributed by atoms with Crippen molar-refractivity contribution in [2.24, 2.45) is 0 Å². The predicted molar refractivity (Wildman–Crippen MR) is 79.9 cm³/mol. The number of amides is 1. The Bertz CT molecular complexity index is 656. The number of halogens is 2. The van der Waals surface area contributed by atoms with E-state index in [4.69, 9.17) is 4.74 Å². The molecule has 0 heterocycles. The first-order chi connectivity index (χ1) is 10.5. The molecule has 3 nitrogen and oxygen atoms in total. The van der Waals surface area contributed by atoms with E-state index in [2.05, 4.69) is 5.32 Å². The number of hydrogen-bond donors (Lipinski definition) is 1. The molecule has 0 aromatic heterocycles. The zero-order valence-corrected chi connectivity index (χ0v) is 12.4. The minimum absolute atomic E-state index is 0.0803. The zero-order valence-electron chi connectivity index (χ0n) is 12.4. The highest BCUT2D eigenvalue weighted by Gasteiger charge is 2.13. The molecule has 1 atom stereocenters. The molecular formula is C17H17F2NO2. The summed E-state index contributed by atoms with van der Waals surface area (Å²) in [6, 6.07) is 10.1. The average Bonchev–Trinajstić information content (AvgIpc) is 2.51. The monoisotopic (exact) mass is 305 g/mol. The van der Waals surface area contributed by atoms with E-state index in [0.717, 1.165) is 23.4 Å². The van der Waals surface area contributed by atoms with Crippen LogP contribution in [-0.2, 0) is 0 Å². The molecule has 0 fully saturated rings. The Morgan fingerprint density at radius 1 is 1.14 bits per heavy atom. The van der Waals surface area contributed by atoms with Crippen LogP contribution in [0.15, 0.2) is 42.5 Å². The van der Waals surface area contributed by atoms with Gasteiger partial charge in [-0.3, -0.25) is 4.79 Å². The van der Waals surface area contributed by atoms with E-state index >= 15 is 0 Å². The number of hydrogen-bond acceptors (Lipinski definition) is 2. The summed E-state index contributed by atoms with van der Waals surface area (Å²) in [6.07, 6.45) is 0. The van der Waals surface area contributed by atoms with Crippen LogP contribution in [0.5, 0.6) is 5.75 Å². The first-order valence-electron chi connectivity index (χ1n) is 7.00. The Hall–Kier alpha value is -2.43. The molecule has 0 radical (unpaired) electrons. The number of nitrogens with one attached hydrogen (secondary N) is 1. The van der Waals surface area contributed by atoms with E-state index < -0.39 is 17.5 Å². The fourth-order valence-corrected chi connectivity index (χ4v) is 2.02. The average molecular weight is 305 g/mol. The van der Waals surface area contributed by atoms with Crippen molar-refractivity contribution >= 4 is 5.91 Å². The van der Waals surface area contributed by atoms with Crippen LogP contribution in [0, 0.1) is 11.6 Å². The van der Waals surface area contributed by atoms with E-state index in [0.29, 0.717) is 6.61 Å². The maximum absolute atomic E-state index is 13.1. The topological polar surface area (TPSA) is 38.3 Å². The SMILES string of the molecule is CCOc1ccc(C(C)NC(=O)c2ccc(F)c(F)c2)cc1. The van der Waals surface area contributed by atoms with E-state index in [9.17, 15) is 13.6 Å². The van der Waals surface area contributed by atoms with Gasteiger partial charge in [0.25, 0.3) is 5.91 Å². The van der Waals surface area contributed by atoms with Gasteiger partial charge in [0.15, 0.2) is 11.6 Å². The van der Waals surface area contributed by atoms with Crippen molar-refractivity contribution in [1.29, 1.82) is 0 Å². The first-order valence-corrected chi connectivity index (χ1v) is 7.00. The quantitative estimate of drug-likeness (QED) is 0.911. The molecule has 0 saturated heterocycles. The van der Waals surface area contributed by atoms with Crippen LogP contribution >= 0.6 is 0 Å². The molecule has 2 rings (SSSR count). The van der Waals surface area contributed by atoms with Crippen molar-refractivity contribution in [3.63, 3.8) is 0 Å². The third kappa shape index (κ3) is 3.81. The fourth-order valence-electron chi connectivity index (χ4n) is 2.02. The number of rotatable bonds is 5. The van der Waals surface area contributed by atoms with Gasteiger partial charge in [0, 0.05) is 5.56 Å². The van der Waals surface area contributed by atoms with Crippen molar-refractivity contribution in [2.45, 2.75) is 19.9 Å². The Morgan fingerprint density at radius 3 is 2.41 bits per heavy atom. The lowest BCUT2D eigenvalue weighted by atomic mass is 10.1. The maximum Gasteiger partial charge on any atom is 0.251 e. The van der Waals surface area contributed by atoms with Crippen molar-refractivity contribution < 1.29 is 18.3 Å². The lowest BCUT2D eigenvalue weighted by Crippen LogP contribution is -2.26. The molecule has 5 heteroatoms. The van der Waals surface area contributed by atoms with Gasteiger partial charge < -0.3 is 10.1 Å². The van der Waals surface area contributed by atoms with Crippen LogP contribution < -0.4 is 10.1 Å². The Labute approximate surface area is 127 Å². The van der Waals surface area contributed by atoms with E-state index in [-0.39, 0.29) is 11.6 Å². The normalized spacial score (nSPS) is 11.8. The molecule has 0 bridgehead atoms. The van der Waals surface area contributed by atoms with Gasteiger partial charge in [-0.1, -0.05) is 12.1 Å². The molecule has 1 unspecified atom stereocenters. The second-order valence-electron chi connectivity index (χ2n) is 4.83. The summed E-state index contributed by atoms with van der Waals surface area (Å²) in [5, 5.41) is 2.74. The first kappa shape index (κ1) is 15.9. The number of carbonyl (C=O) groups is 1. The van der Waals surface area contributed by atoms with Crippen LogP contribution in [-0.4, -0.2) is 12.5 Å². The van der Waals surface area contributed by atoms with Crippen LogP contribution in [0.3, 0.4) is 0 Å². The van der Waals surface area contributed by atoms with Gasteiger partial charge in [-0.05, 0) is 49.7 Å². The van der Waals surface area contributed by atoms with Crippen molar-refractivity contribution in [2.75, 3.05) is 6.61 Å². The molecule has 2 aromatic carbocycles. The van der Waals surface area contributed by atoms with Crippen molar-refractivity contribution in [1.82, 2.24) is 5.32 Å². The van der Waals surface area contributed by atoms with E-state index in [1.54, 1.807) is 0 Å². The van der Waals surface area contributed by atoms with E-state index in [1.807, 2.05) is 38.1 Å². The molecule has 1 N–H and O–H groups in total. The summed E-state index contributed by atoms with van der Waals surface area (Å²) in [4.78, 5) is 12.0. The van der Waals surface area contributed by atoms with Crippen LogP contribution in [0.25, 0.3) is 0 Å². The molecule has 116 valence electrons. The fraction of sp³-hybridized carbons (Fsp3) is 0.235. The smallest absolute Gasteiger partial charge is 0.251 e. The highest BCUT2D eigenvalue weighted by molar-refractivity contribution is 5.94. The maximum atomic E-state index is 13.1. The molecule has 0 aliphatic heterocycles. The lowest BCUT2D eigenvalue weighted by molar-refractivity contribution is 0.0939. The van der Waals surface area contributed by atoms with Gasteiger partial charge in [-0.15, -0.1) is 0 Å². The van der Waals surface area contributed by atoms with Crippen molar-refractivity contribution in [3.05, 3.63) is 65.2 Å². The zero-order chi connectivity index (χ0) is 16.1. The Kier molecular flexibility index (Phi) is 5.09. The summed E-state index contributed by atoms with van der Waals surface area (Å²) in [6.45, 7) is 4.30. The van der Waals surface area contributed by atoms with Crippen LogP contribution in [0.2, 0.25) is 0 Å². The molecule has 22 heavy (non-hydrogen) atoms. The van der Waals surface area contributed by atoms with Gasteiger partial charge in [0.05, 0.1) is 12.6 Å². The predicted octanol–water partition coefficient (Wildman–Crippen LogP) is 3.85. The molecule has 0 saturated carbocycles. The lowest BCUT2D eigenvalue weighted by Gasteiger charge is -2.15. The number of carbonyl (C=O) groups excluding carboxylic acids is 1. The Morgan fingerprint density at radius 2 is 1.82 bits per heavy atom. The molecule has 0 aliphatic rings. The molecule has 0 spiro atoms. The van der Waals surface area contributed by atoms with Gasteiger partial charge >= 0.3 is 0 Å². The van der Waals surface area contributed by atoms with Gasteiger partial charge in [-0.2, -0.15) is 0 Å². The standard InChI is InChI=1S/C17H17F2NO2/c1-3-22-14-7-4-12(5-8-14)11(2)20-17(21)13-6-9-15(18)16(19)10-13/h4-11H,3H2,1-2H3,(H,20,21). The van der Waals surface area contributed by atoms with Crippen molar-refractivity contribution in [3.8, 4) is 5.75 Å². The van der Waals surface area contributed by atoms with Gasteiger partial charge in [0.1, 0.15) is 5.75 Å². The van der Waals surface area contributed by atoms with Gasteiger partial charge in [-0.25, -0.2) is 8.78 Å². The summed E-state index contributed by atoms with van der Waals surface area (Å²) in [7, 11) is 0. The second-order valence-corrected chi connectivity index (χ2v) is 4.83. The molecular weight excluding hydrogens is 288 g/mol. The largest absolute Gasteiger partial charge is 0.494 e. The molecule has 0 aliphatic carbocycles. The summed E-state index contributed by atoms with van der Waals surface area (Å²) >= 11 is 0. The van der Waals surface area contributed by atoms with Gasteiger partial charge in [0.2, 0.25) is 0 Å². The van der Waals surface area contributed by atoms with Crippen LogP contribution in [0.4, 0.5) is 8.78 Å².